The van der Waals surface area contributed by atoms with Gasteiger partial charge in [-0.1, -0.05) is 12.1 Å². The van der Waals surface area contributed by atoms with Gasteiger partial charge in [0.2, 0.25) is 11.9 Å². The van der Waals surface area contributed by atoms with Crippen molar-refractivity contribution in [3.8, 4) is 5.75 Å². The van der Waals surface area contributed by atoms with Gasteiger partial charge in [0.05, 0.1) is 13.7 Å². The molecular formula is C19H24N6OS. The number of aromatic nitrogens is 2. The Morgan fingerprint density at radius 3 is 2.44 bits per heavy atom. The summed E-state index contributed by atoms with van der Waals surface area (Å²) in [5.41, 5.74) is 2.83. The summed E-state index contributed by atoms with van der Waals surface area (Å²) in [6.07, 6.45) is 2.29. The van der Waals surface area contributed by atoms with Crippen LogP contribution in [0.2, 0.25) is 0 Å². The van der Waals surface area contributed by atoms with Crippen molar-refractivity contribution < 1.29 is 4.74 Å². The number of thiocarbonyl (C=S) groups is 1. The summed E-state index contributed by atoms with van der Waals surface area (Å²) < 4.78 is 5.19. The molecule has 2 aromatic rings. The first-order valence-electron chi connectivity index (χ1n) is 8.86. The van der Waals surface area contributed by atoms with E-state index in [1.54, 1.807) is 7.11 Å². The number of guanidine groups is 1. The number of nitrogens with zero attached hydrogens (tertiary/aromatic N) is 3. The van der Waals surface area contributed by atoms with Crippen molar-refractivity contribution in [3.63, 3.8) is 0 Å². The zero-order chi connectivity index (χ0) is 19.2. The van der Waals surface area contributed by atoms with Crippen LogP contribution in [0.5, 0.6) is 5.75 Å². The monoisotopic (exact) mass is 384 g/mol. The molecule has 1 aliphatic carbocycles. The van der Waals surface area contributed by atoms with Crippen molar-refractivity contribution in [3.05, 3.63) is 47.3 Å². The van der Waals surface area contributed by atoms with Gasteiger partial charge in [-0.3, -0.25) is 5.32 Å². The van der Waals surface area contributed by atoms with E-state index >= 15 is 0 Å². The first kappa shape index (κ1) is 19.0. The molecule has 1 aliphatic rings. The third-order valence-electron chi connectivity index (χ3n) is 3.94. The van der Waals surface area contributed by atoms with Crippen LogP contribution in [0.1, 0.15) is 29.8 Å². The lowest BCUT2D eigenvalue weighted by molar-refractivity contribution is 0.414. The Kier molecular flexibility index (Phi) is 6.18. The predicted molar refractivity (Wildman–Crippen MR) is 111 cm³/mol. The molecule has 1 aromatic carbocycles. The topological polar surface area (TPSA) is 83.5 Å². The molecule has 1 aromatic heterocycles. The summed E-state index contributed by atoms with van der Waals surface area (Å²) in [5, 5.41) is 10.1. The van der Waals surface area contributed by atoms with Gasteiger partial charge in [-0.05, 0) is 62.7 Å². The zero-order valence-electron chi connectivity index (χ0n) is 15.7. The molecule has 0 aliphatic heterocycles. The van der Waals surface area contributed by atoms with E-state index in [1.807, 2.05) is 44.2 Å². The predicted octanol–water partition coefficient (Wildman–Crippen LogP) is 2.70. The van der Waals surface area contributed by atoms with Gasteiger partial charge in [0, 0.05) is 17.4 Å². The molecule has 0 bridgehead atoms. The molecule has 1 fully saturated rings. The average Bonchev–Trinajstić information content (AvgIpc) is 3.43. The molecule has 1 heterocycles. The molecule has 0 spiro atoms. The van der Waals surface area contributed by atoms with Crippen LogP contribution in [0.25, 0.3) is 0 Å². The third-order valence-corrected chi connectivity index (χ3v) is 4.16. The zero-order valence-corrected chi connectivity index (χ0v) is 16.6. The molecule has 0 saturated heterocycles. The van der Waals surface area contributed by atoms with E-state index < -0.39 is 0 Å². The third kappa shape index (κ3) is 6.18. The van der Waals surface area contributed by atoms with Crippen LogP contribution < -0.4 is 20.7 Å². The number of benzene rings is 1. The summed E-state index contributed by atoms with van der Waals surface area (Å²) >= 11 is 5.38. The highest BCUT2D eigenvalue weighted by Gasteiger charge is 2.22. The second kappa shape index (κ2) is 8.77. The minimum absolute atomic E-state index is 0.463. The first-order valence-corrected chi connectivity index (χ1v) is 9.27. The van der Waals surface area contributed by atoms with Gasteiger partial charge < -0.3 is 15.4 Å². The van der Waals surface area contributed by atoms with Crippen LogP contribution in [-0.2, 0) is 6.54 Å². The molecule has 3 rings (SSSR count). The van der Waals surface area contributed by atoms with Gasteiger partial charge in [0.25, 0.3) is 0 Å². The Balaban J connectivity index is 1.73. The number of methoxy groups -OCH3 is 1. The fraction of sp³-hybridized carbons (Fsp3) is 0.368. The number of aryl methyl sites for hydroxylation is 2. The number of anilines is 1. The van der Waals surface area contributed by atoms with Crippen molar-refractivity contribution in [2.45, 2.75) is 39.3 Å². The molecule has 3 N–H and O–H groups in total. The fourth-order valence-corrected chi connectivity index (χ4v) is 2.72. The second-order valence-electron chi connectivity index (χ2n) is 6.48. The van der Waals surface area contributed by atoms with E-state index in [-0.39, 0.29) is 0 Å². The maximum absolute atomic E-state index is 5.38. The van der Waals surface area contributed by atoms with E-state index in [9.17, 15) is 0 Å². The number of ether oxygens (including phenoxy) is 1. The Morgan fingerprint density at radius 1 is 1.19 bits per heavy atom. The largest absolute Gasteiger partial charge is 0.497 e. The minimum Gasteiger partial charge on any atom is -0.497 e. The van der Waals surface area contributed by atoms with Crippen molar-refractivity contribution in [2.24, 2.45) is 4.99 Å². The van der Waals surface area contributed by atoms with Crippen LogP contribution >= 0.6 is 12.2 Å². The Bertz CT molecular complexity index is 812. The van der Waals surface area contributed by atoms with Gasteiger partial charge in [-0.15, -0.1) is 0 Å². The molecule has 27 heavy (non-hydrogen) atoms. The van der Waals surface area contributed by atoms with Gasteiger partial charge in [0.15, 0.2) is 5.11 Å². The van der Waals surface area contributed by atoms with E-state index in [0.717, 1.165) is 35.5 Å². The Morgan fingerprint density at radius 2 is 1.85 bits per heavy atom. The van der Waals surface area contributed by atoms with Crippen molar-refractivity contribution in [1.29, 1.82) is 0 Å². The molecule has 0 amide bonds. The highest BCUT2D eigenvalue weighted by atomic mass is 32.1. The maximum Gasteiger partial charge on any atom is 0.229 e. The van der Waals surface area contributed by atoms with Gasteiger partial charge in [0.1, 0.15) is 5.75 Å². The number of hydrogen-bond donors (Lipinski definition) is 3. The quantitative estimate of drug-likeness (QED) is 0.415. The van der Waals surface area contributed by atoms with Crippen LogP contribution in [0.3, 0.4) is 0 Å². The van der Waals surface area contributed by atoms with E-state index in [0.29, 0.717) is 29.6 Å². The number of nitrogens with one attached hydrogen (secondary N) is 3. The lowest BCUT2D eigenvalue weighted by atomic mass is 10.2. The second-order valence-corrected chi connectivity index (χ2v) is 6.89. The van der Waals surface area contributed by atoms with E-state index in [4.69, 9.17) is 17.0 Å². The lowest BCUT2D eigenvalue weighted by Crippen LogP contribution is -2.43. The summed E-state index contributed by atoms with van der Waals surface area (Å²) in [4.78, 5) is 13.4. The molecule has 7 nitrogen and oxygen atoms in total. The number of hydrogen-bond acceptors (Lipinski definition) is 5. The van der Waals surface area contributed by atoms with Crippen LogP contribution in [0.15, 0.2) is 35.3 Å². The van der Waals surface area contributed by atoms with E-state index in [1.165, 1.54) is 0 Å². The van der Waals surface area contributed by atoms with Crippen molar-refractivity contribution >= 4 is 29.2 Å². The van der Waals surface area contributed by atoms with Crippen LogP contribution in [0.4, 0.5) is 5.95 Å². The Labute approximate surface area is 164 Å². The SMILES string of the molecule is COc1ccc(CN=C(NC(=S)NC2CC2)Nc2nc(C)cc(C)n2)cc1. The van der Waals surface area contributed by atoms with Gasteiger partial charge >= 0.3 is 0 Å². The molecule has 8 heteroatoms. The smallest absolute Gasteiger partial charge is 0.229 e. The van der Waals surface area contributed by atoms with Crippen molar-refractivity contribution in [1.82, 2.24) is 20.6 Å². The highest BCUT2D eigenvalue weighted by molar-refractivity contribution is 7.80. The normalized spacial score (nSPS) is 13.8. The molecule has 142 valence electrons. The van der Waals surface area contributed by atoms with Gasteiger partial charge in [-0.2, -0.15) is 0 Å². The van der Waals surface area contributed by atoms with Crippen molar-refractivity contribution in [2.75, 3.05) is 12.4 Å². The summed E-state index contributed by atoms with van der Waals surface area (Å²) in [7, 11) is 1.65. The van der Waals surface area contributed by atoms with Crippen LogP contribution in [0, 0.1) is 13.8 Å². The van der Waals surface area contributed by atoms with E-state index in [2.05, 4.69) is 30.9 Å². The molecule has 1 saturated carbocycles. The van der Waals surface area contributed by atoms with Crippen LogP contribution in [-0.4, -0.2) is 34.2 Å². The number of aliphatic imine (C=N–C) groups is 1. The molecule has 0 unspecified atom stereocenters. The maximum atomic E-state index is 5.38. The van der Waals surface area contributed by atoms with Gasteiger partial charge in [-0.25, -0.2) is 15.0 Å². The molecular weight excluding hydrogens is 360 g/mol. The summed E-state index contributed by atoms with van der Waals surface area (Å²) in [6.45, 7) is 4.34. The summed E-state index contributed by atoms with van der Waals surface area (Å²) in [6, 6.07) is 10.2. The summed E-state index contributed by atoms with van der Waals surface area (Å²) in [5.74, 6) is 1.81. The number of rotatable bonds is 5. The first-order chi connectivity index (χ1) is 13.0. The average molecular weight is 385 g/mol. The molecule has 0 radical (unpaired) electrons. The minimum atomic E-state index is 0.463. The Hall–Kier alpha value is -2.74. The fourth-order valence-electron chi connectivity index (χ4n) is 2.46. The highest BCUT2D eigenvalue weighted by Crippen LogP contribution is 2.18. The standard InChI is InChI=1S/C19H24N6OS/c1-12-10-13(2)22-18(21-12)24-17(25-19(27)23-15-6-7-15)20-11-14-4-8-16(26-3)9-5-14/h4-5,8-10,15H,6-7,11H2,1-3H3,(H3,20,21,22,23,24,25,27). The lowest BCUT2D eigenvalue weighted by Gasteiger charge is -2.14. The molecule has 0 atom stereocenters.